The van der Waals surface area contributed by atoms with Crippen molar-refractivity contribution in [1.82, 2.24) is 9.88 Å². The van der Waals surface area contributed by atoms with Crippen molar-refractivity contribution in [2.75, 3.05) is 7.11 Å². The maximum Gasteiger partial charge on any atom is 0.331 e. The highest BCUT2D eigenvalue weighted by Crippen LogP contribution is 2.47. The molecule has 2 aliphatic rings. The molecular formula is C15H18N2O3. The van der Waals surface area contributed by atoms with Crippen LogP contribution < -0.4 is 0 Å². The van der Waals surface area contributed by atoms with Crippen LogP contribution in [0, 0.1) is 0 Å². The Morgan fingerprint density at radius 3 is 2.95 bits per heavy atom. The molecule has 2 unspecified atom stereocenters. The summed E-state index contributed by atoms with van der Waals surface area (Å²) in [6, 6.07) is 5.40. The van der Waals surface area contributed by atoms with Gasteiger partial charge in [0.15, 0.2) is 0 Å². The monoisotopic (exact) mass is 274 g/mol. The number of nitrogens with zero attached hydrogens (tertiary/aromatic N) is 2. The number of amides is 1. The van der Waals surface area contributed by atoms with E-state index in [1.54, 1.807) is 29.3 Å². The predicted octanol–water partition coefficient (Wildman–Crippen LogP) is 1.78. The van der Waals surface area contributed by atoms with Gasteiger partial charge < -0.3 is 9.64 Å². The maximum absolute atomic E-state index is 12.7. The Kier molecular flexibility index (Phi) is 3.20. The molecule has 106 valence electrons. The molecule has 0 radical (unpaired) electrons. The predicted molar refractivity (Wildman–Crippen MR) is 72.0 cm³/mol. The SMILES string of the molecule is COC(=O)C12CCCCC(C1)N2C(=O)c1ccccn1. The van der Waals surface area contributed by atoms with E-state index >= 15 is 0 Å². The lowest BCUT2D eigenvalue weighted by Gasteiger charge is -2.54. The first-order valence-corrected chi connectivity index (χ1v) is 7.02. The molecule has 1 saturated heterocycles. The van der Waals surface area contributed by atoms with Crippen molar-refractivity contribution in [3.63, 3.8) is 0 Å². The van der Waals surface area contributed by atoms with Crippen LogP contribution in [0.4, 0.5) is 0 Å². The van der Waals surface area contributed by atoms with Crippen molar-refractivity contribution in [3.05, 3.63) is 30.1 Å². The third-order valence-electron chi connectivity index (χ3n) is 4.45. The molecule has 1 aliphatic carbocycles. The fourth-order valence-electron chi connectivity index (χ4n) is 3.51. The molecule has 0 aromatic carbocycles. The zero-order chi connectivity index (χ0) is 14.2. The molecule has 2 fully saturated rings. The topological polar surface area (TPSA) is 59.5 Å². The molecule has 1 saturated carbocycles. The summed E-state index contributed by atoms with van der Waals surface area (Å²) < 4.78 is 4.95. The van der Waals surface area contributed by atoms with Crippen molar-refractivity contribution in [2.24, 2.45) is 0 Å². The second kappa shape index (κ2) is 4.89. The average molecular weight is 274 g/mol. The molecular weight excluding hydrogens is 256 g/mol. The highest BCUT2D eigenvalue weighted by atomic mass is 16.5. The molecule has 1 aliphatic heterocycles. The largest absolute Gasteiger partial charge is 0.467 e. The first-order chi connectivity index (χ1) is 9.69. The smallest absolute Gasteiger partial charge is 0.331 e. The first kappa shape index (κ1) is 13.1. The highest BCUT2D eigenvalue weighted by Gasteiger charge is 2.60. The van der Waals surface area contributed by atoms with Gasteiger partial charge in [0.25, 0.3) is 5.91 Å². The molecule has 0 N–H and O–H groups in total. The van der Waals surface area contributed by atoms with Crippen molar-refractivity contribution < 1.29 is 14.3 Å². The van der Waals surface area contributed by atoms with E-state index in [1.165, 1.54) is 7.11 Å². The Labute approximate surface area is 117 Å². The van der Waals surface area contributed by atoms with Gasteiger partial charge in [0.2, 0.25) is 0 Å². The number of fused-ring (bicyclic) bond motifs is 2. The fourth-order valence-corrected chi connectivity index (χ4v) is 3.51. The Balaban J connectivity index is 1.94. The molecule has 2 bridgehead atoms. The van der Waals surface area contributed by atoms with Crippen LogP contribution >= 0.6 is 0 Å². The van der Waals surface area contributed by atoms with Crippen LogP contribution in [0.1, 0.15) is 42.6 Å². The molecule has 1 amide bonds. The Hall–Kier alpha value is -1.91. The lowest BCUT2D eigenvalue weighted by Crippen LogP contribution is -2.70. The molecule has 0 spiro atoms. The number of hydrogen-bond acceptors (Lipinski definition) is 4. The Bertz CT molecular complexity index is 527. The summed E-state index contributed by atoms with van der Waals surface area (Å²) in [5.41, 5.74) is -0.364. The number of rotatable bonds is 2. The van der Waals surface area contributed by atoms with E-state index in [0.29, 0.717) is 12.1 Å². The standard InChI is InChI=1S/C15H18N2O3/c1-20-14(19)15-8-4-2-6-11(10-15)17(15)13(18)12-7-3-5-9-16-12/h3,5,7,9,11H,2,4,6,8,10H2,1H3. The fraction of sp³-hybridized carbons (Fsp3) is 0.533. The van der Waals surface area contributed by atoms with Gasteiger partial charge in [-0.05, 0) is 25.0 Å². The van der Waals surface area contributed by atoms with Crippen LogP contribution in [-0.2, 0) is 9.53 Å². The van der Waals surface area contributed by atoms with Crippen molar-refractivity contribution in [3.8, 4) is 0 Å². The lowest BCUT2D eigenvalue weighted by atomic mass is 9.76. The van der Waals surface area contributed by atoms with E-state index in [2.05, 4.69) is 4.98 Å². The number of carbonyl (C=O) groups is 2. The van der Waals surface area contributed by atoms with Crippen LogP contribution in [0.2, 0.25) is 0 Å². The minimum Gasteiger partial charge on any atom is -0.467 e. The van der Waals surface area contributed by atoms with Gasteiger partial charge in [0, 0.05) is 18.7 Å². The second-order valence-electron chi connectivity index (χ2n) is 5.52. The average Bonchev–Trinajstić information content (AvgIpc) is 2.80. The minimum atomic E-state index is -0.759. The third-order valence-corrected chi connectivity index (χ3v) is 4.45. The van der Waals surface area contributed by atoms with Gasteiger partial charge in [-0.15, -0.1) is 0 Å². The van der Waals surface area contributed by atoms with Gasteiger partial charge in [-0.25, -0.2) is 4.79 Å². The number of likely N-dealkylation sites (tertiary alicyclic amines) is 1. The highest BCUT2D eigenvalue weighted by molar-refractivity contribution is 5.98. The van der Waals surface area contributed by atoms with E-state index in [-0.39, 0.29) is 17.9 Å². The van der Waals surface area contributed by atoms with Gasteiger partial charge in [-0.3, -0.25) is 9.78 Å². The summed E-state index contributed by atoms with van der Waals surface area (Å²) in [6.45, 7) is 0. The quantitative estimate of drug-likeness (QED) is 0.771. The Morgan fingerprint density at radius 1 is 1.40 bits per heavy atom. The maximum atomic E-state index is 12.7. The van der Waals surface area contributed by atoms with Crippen LogP contribution in [0.25, 0.3) is 0 Å². The van der Waals surface area contributed by atoms with E-state index in [4.69, 9.17) is 4.74 Å². The summed E-state index contributed by atoms with van der Waals surface area (Å²) in [7, 11) is 1.39. The van der Waals surface area contributed by atoms with E-state index in [9.17, 15) is 9.59 Å². The van der Waals surface area contributed by atoms with Crippen molar-refractivity contribution >= 4 is 11.9 Å². The van der Waals surface area contributed by atoms with Crippen LogP contribution in [-0.4, -0.2) is 40.5 Å². The van der Waals surface area contributed by atoms with E-state index < -0.39 is 5.54 Å². The Morgan fingerprint density at radius 2 is 2.25 bits per heavy atom. The zero-order valence-electron chi connectivity index (χ0n) is 11.5. The number of hydrogen-bond donors (Lipinski definition) is 0. The summed E-state index contributed by atoms with van der Waals surface area (Å²) in [6.07, 6.45) is 5.97. The number of carbonyl (C=O) groups excluding carboxylic acids is 2. The summed E-state index contributed by atoms with van der Waals surface area (Å²) in [5.74, 6) is -0.450. The summed E-state index contributed by atoms with van der Waals surface area (Å²) in [4.78, 5) is 30.7. The van der Waals surface area contributed by atoms with Crippen LogP contribution in [0.5, 0.6) is 0 Å². The van der Waals surface area contributed by atoms with Gasteiger partial charge in [0.1, 0.15) is 11.2 Å². The summed E-state index contributed by atoms with van der Waals surface area (Å²) >= 11 is 0. The minimum absolute atomic E-state index is 0.145. The normalized spacial score (nSPS) is 28.2. The van der Waals surface area contributed by atoms with E-state index in [0.717, 1.165) is 25.7 Å². The molecule has 2 heterocycles. The van der Waals surface area contributed by atoms with Gasteiger partial charge in [-0.2, -0.15) is 0 Å². The lowest BCUT2D eigenvalue weighted by molar-refractivity contribution is -0.167. The first-order valence-electron chi connectivity index (χ1n) is 7.02. The summed E-state index contributed by atoms with van der Waals surface area (Å²) in [5, 5.41) is 0. The molecule has 5 nitrogen and oxygen atoms in total. The number of ether oxygens (including phenoxy) is 1. The zero-order valence-corrected chi connectivity index (χ0v) is 11.5. The molecule has 3 rings (SSSR count). The van der Waals surface area contributed by atoms with Crippen molar-refractivity contribution in [1.29, 1.82) is 0 Å². The van der Waals surface area contributed by atoms with Crippen molar-refractivity contribution in [2.45, 2.75) is 43.7 Å². The van der Waals surface area contributed by atoms with Crippen LogP contribution in [0.15, 0.2) is 24.4 Å². The molecule has 1 aromatic rings. The molecule has 20 heavy (non-hydrogen) atoms. The van der Waals surface area contributed by atoms with Crippen LogP contribution in [0.3, 0.4) is 0 Å². The van der Waals surface area contributed by atoms with Gasteiger partial charge in [-0.1, -0.05) is 18.9 Å². The van der Waals surface area contributed by atoms with Gasteiger partial charge >= 0.3 is 5.97 Å². The molecule has 5 heteroatoms. The third kappa shape index (κ3) is 1.80. The van der Waals surface area contributed by atoms with E-state index in [1.807, 2.05) is 0 Å². The second-order valence-corrected chi connectivity index (χ2v) is 5.52. The molecule has 1 aromatic heterocycles. The van der Waals surface area contributed by atoms with Gasteiger partial charge in [0.05, 0.1) is 7.11 Å². The number of esters is 1. The number of pyridine rings is 1. The number of aromatic nitrogens is 1. The number of methoxy groups -OCH3 is 1. The molecule has 2 atom stereocenters.